The number of piperazine rings is 1. The van der Waals surface area contributed by atoms with Gasteiger partial charge < -0.3 is 4.98 Å². The molecule has 4 aromatic rings. The monoisotopic (exact) mass is 464 g/mol. The van der Waals surface area contributed by atoms with E-state index in [0.717, 1.165) is 5.69 Å². The maximum Gasteiger partial charge on any atom is 0.258 e. The van der Waals surface area contributed by atoms with Crippen LogP contribution in [-0.2, 0) is 10.0 Å². The van der Waals surface area contributed by atoms with E-state index < -0.39 is 10.0 Å². The van der Waals surface area contributed by atoms with Crippen LogP contribution in [0.5, 0.6) is 0 Å². The van der Waals surface area contributed by atoms with Crippen LogP contribution in [0.4, 0.5) is 0 Å². The summed E-state index contributed by atoms with van der Waals surface area (Å²) in [6.45, 7) is 3.80. The van der Waals surface area contributed by atoms with Gasteiger partial charge in [0.15, 0.2) is 0 Å². The molecule has 1 atom stereocenters. The third-order valence-corrected chi connectivity index (χ3v) is 8.00. The molecule has 0 spiro atoms. The van der Waals surface area contributed by atoms with Gasteiger partial charge in [-0.25, -0.2) is 18.1 Å². The van der Waals surface area contributed by atoms with E-state index in [1.807, 2.05) is 37.4 Å². The van der Waals surface area contributed by atoms with Crippen LogP contribution < -0.4 is 5.56 Å². The van der Waals surface area contributed by atoms with Crippen LogP contribution in [0.25, 0.3) is 16.6 Å². The number of nitrogens with one attached hydrogen (secondary N) is 1. The van der Waals surface area contributed by atoms with E-state index in [-0.39, 0.29) is 16.5 Å². The molecule has 3 heterocycles. The standard InChI is InChI=1S/C23H24N6O3S/c1-17(22-25-21-6-3-2-5-20(21)23(30)26-22)27-13-15-28(16-14-27)33(31,32)19-9-7-18(8-10-19)29-12-4-11-24-29/h2-12,17H,13-16H2,1H3,(H,25,26,30)/t17-/m0/s1. The molecule has 2 aromatic carbocycles. The molecule has 0 radical (unpaired) electrons. The molecule has 0 saturated carbocycles. The van der Waals surface area contributed by atoms with E-state index in [0.29, 0.717) is 42.9 Å². The maximum absolute atomic E-state index is 13.1. The molecule has 1 fully saturated rings. The quantitative estimate of drug-likeness (QED) is 0.486. The van der Waals surface area contributed by atoms with Crippen molar-refractivity contribution in [1.82, 2.24) is 29.0 Å². The number of sulfonamides is 1. The van der Waals surface area contributed by atoms with Crippen molar-refractivity contribution >= 4 is 20.9 Å². The number of H-pyrrole nitrogens is 1. The highest BCUT2D eigenvalue weighted by molar-refractivity contribution is 7.89. The van der Waals surface area contributed by atoms with E-state index in [1.165, 1.54) is 4.31 Å². The Balaban J connectivity index is 1.29. The Bertz CT molecular complexity index is 1420. The van der Waals surface area contributed by atoms with E-state index >= 15 is 0 Å². The van der Waals surface area contributed by atoms with Crippen molar-refractivity contribution in [1.29, 1.82) is 0 Å². The average molecular weight is 465 g/mol. The van der Waals surface area contributed by atoms with Gasteiger partial charge in [0, 0.05) is 38.6 Å². The number of nitrogens with zero attached hydrogens (tertiary/aromatic N) is 5. The summed E-state index contributed by atoms with van der Waals surface area (Å²) in [6, 6.07) is 15.6. The molecule has 0 unspecified atom stereocenters. The second kappa shape index (κ2) is 8.54. The third-order valence-electron chi connectivity index (χ3n) is 6.09. The number of rotatable bonds is 5. The molecule has 5 rings (SSSR count). The van der Waals surface area contributed by atoms with Crippen molar-refractivity contribution in [2.45, 2.75) is 17.9 Å². The lowest BCUT2D eigenvalue weighted by Gasteiger charge is -2.37. The average Bonchev–Trinajstić information content (AvgIpc) is 3.39. The number of hydrogen-bond acceptors (Lipinski definition) is 6. The van der Waals surface area contributed by atoms with Crippen LogP contribution in [0, 0.1) is 0 Å². The Morgan fingerprint density at radius 3 is 2.39 bits per heavy atom. The molecule has 1 saturated heterocycles. The summed E-state index contributed by atoms with van der Waals surface area (Å²) >= 11 is 0. The van der Waals surface area contributed by atoms with Crippen LogP contribution in [0.3, 0.4) is 0 Å². The Morgan fingerprint density at radius 1 is 0.970 bits per heavy atom. The fourth-order valence-electron chi connectivity index (χ4n) is 4.15. The van der Waals surface area contributed by atoms with Crippen LogP contribution in [0.15, 0.2) is 76.7 Å². The Morgan fingerprint density at radius 2 is 1.70 bits per heavy atom. The third kappa shape index (κ3) is 4.08. The van der Waals surface area contributed by atoms with Gasteiger partial charge in [0.25, 0.3) is 5.56 Å². The molecule has 0 amide bonds. The molecule has 2 aromatic heterocycles. The summed E-state index contributed by atoms with van der Waals surface area (Å²) < 4.78 is 29.5. The van der Waals surface area contributed by atoms with E-state index in [1.54, 1.807) is 41.2 Å². The highest BCUT2D eigenvalue weighted by Crippen LogP contribution is 2.23. The second-order valence-corrected chi connectivity index (χ2v) is 9.97. The zero-order chi connectivity index (χ0) is 23.0. The number of benzene rings is 2. The minimum atomic E-state index is -3.59. The Labute approximate surface area is 191 Å². The molecule has 1 aliphatic heterocycles. The smallest absolute Gasteiger partial charge is 0.258 e. The van der Waals surface area contributed by atoms with Crippen LogP contribution >= 0.6 is 0 Å². The van der Waals surface area contributed by atoms with Crippen molar-refractivity contribution in [3.63, 3.8) is 0 Å². The van der Waals surface area contributed by atoms with E-state index in [4.69, 9.17) is 0 Å². The van der Waals surface area contributed by atoms with Gasteiger partial charge in [-0.15, -0.1) is 0 Å². The first kappa shape index (κ1) is 21.5. The minimum absolute atomic E-state index is 0.138. The van der Waals surface area contributed by atoms with Crippen molar-refractivity contribution in [3.05, 3.63) is 83.2 Å². The van der Waals surface area contributed by atoms with Gasteiger partial charge in [-0.05, 0) is 49.4 Å². The predicted octanol–water partition coefficient (Wildman–Crippen LogP) is 2.18. The number of fused-ring (bicyclic) bond motifs is 1. The first-order valence-corrected chi connectivity index (χ1v) is 12.2. The molecule has 0 aliphatic carbocycles. The molecular formula is C23H24N6O3S. The largest absolute Gasteiger partial charge is 0.309 e. The summed E-state index contributed by atoms with van der Waals surface area (Å²) in [5.41, 5.74) is 1.29. The first-order chi connectivity index (χ1) is 15.9. The van der Waals surface area contributed by atoms with Crippen molar-refractivity contribution in [2.24, 2.45) is 0 Å². The van der Waals surface area contributed by atoms with Gasteiger partial charge in [0.1, 0.15) is 5.82 Å². The number of para-hydroxylation sites is 1. The summed E-state index contributed by atoms with van der Waals surface area (Å²) in [5.74, 6) is 0.587. The highest BCUT2D eigenvalue weighted by Gasteiger charge is 2.31. The SMILES string of the molecule is C[C@@H](c1nc2ccccc2c(=O)[nH]1)N1CCN(S(=O)(=O)c2ccc(-n3cccn3)cc2)CC1. The number of hydrogen-bond donors (Lipinski definition) is 1. The summed E-state index contributed by atoms with van der Waals surface area (Å²) in [5, 5.41) is 4.72. The lowest BCUT2D eigenvalue weighted by atomic mass is 10.2. The van der Waals surface area contributed by atoms with Gasteiger partial charge in [-0.2, -0.15) is 9.40 Å². The van der Waals surface area contributed by atoms with Gasteiger partial charge >= 0.3 is 0 Å². The zero-order valence-corrected chi connectivity index (χ0v) is 18.9. The van der Waals surface area contributed by atoms with E-state index in [9.17, 15) is 13.2 Å². The maximum atomic E-state index is 13.1. The lowest BCUT2D eigenvalue weighted by Crippen LogP contribution is -2.49. The van der Waals surface area contributed by atoms with Crippen LogP contribution in [0.2, 0.25) is 0 Å². The van der Waals surface area contributed by atoms with E-state index in [2.05, 4.69) is 20.0 Å². The van der Waals surface area contributed by atoms with Crippen molar-refractivity contribution in [2.75, 3.05) is 26.2 Å². The fraction of sp³-hybridized carbons (Fsp3) is 0.261. The predicted molar refractivity (Wildman–Crippen MR) is 125 cm³/mol. The molecular weight excluding hydrogens is 440 g/mol. The van der Waals surface area contributed by atoms with Gasteiger partial charge in [-0.3, -0.25) is 9.69 Å². The lowest BCUT2D eigenvalue weighted by molar-refractivity contribution is 0.141. The second-order valence-electron chi connectivity index (χ2n) is 8.03. The fourth-order valence-corrected chi connectivity index (χ4v) is 5.57. The number of aromatic amines is 1. The minimum Gasteiger partial charge on any atom is -0.309 e. The van der Waals surface area contributed by atoms with Gasteiger partial charge in [0.2, 0.25) is 10.0 Å². The summed E-state index contributed by atoms with van der Waals surface area (Å²) in [6.07, 6.45) is 3.48. The number of aromatic nitrogens is 4. The van der Waals surface area contributed by atoms with Crippen LogP contribution in [0.1, 0.15) is 18.8 Å². The van der Waals surface area contributed by atoms with Crippen LogP contribution in [-0.4, -0.2) is 63.6 Å². The molecule has 1 aliphatic rings. The Kier molecular flexibility index (Phi) is 5.57. The first-order valence-electron chi connectivity index (χ1n) is 10.8. The van der Waals surface area contributed by atoms with Crippen molar-refractivity contribution in [3.8, 4) is 5.69 Å². The zero-order valence-electron chi connectivity index (χ0n) is 18.1. The van der Waals surface area contributed by atoms with Gasteiger partial charge in [0.05, 0.1) is 27.5 Å². The Hall–Kier alpha value is -3.34. The normalized spacial score (nSPS) is 16.8. The molecule has 9 nitrogen and oxygen atoms in total. The topological polar surface area (TPSA) is 104 Å². The van der Waals surface area contributed by atoms with Gasteiger partial charge in [-0.1, -0.05) is 12.1 Å². The summed E-state index contributed by atoms with van der Waals surface area (Å²) in [4.78, 5) is 22.3. The molecule has 1 N–H and O–H groups in total. The molecule has 10 heteroatoms. The van der Waals surface area contributed by atoms with Crippen molar-refractivity contribution < 1.29 is 8.42 Å². The molecule has 170 valence electrons. The highest BCUT2D eigenvalue weighted by atomic mass is 32.2. The molecule has 0 bridgehead atoms. The molecule has 33 heavy (non-hydrogen) atoms. The summed E-state index contributed by atoms with van der Waals surface area (Å²) in [7, 11) is -3.59.